The van der Waals surface area contributed by atoms with Crippen LogP contribution in [-0.4, -0.2) is 10.9 Å². The Balaban J connectivity index is 2.30. The molecule has 1 aromatic carbocycles. The minimum Gasteiger partial charge on any atom is -0.398 e. The van der Waals surface area contributed by atoms with E-state index < -0.39 is 0 Å². The van der Waals surface area contributed by atoms with E-state index in [-0.39, 0.29) is 5.91 Å². The lowest BCUT2D eigenvalue weighted by Crippen LogP contribution is -2.15. The quantitative estimate of drug-likeness (QED) is 0.774. The highest BCUT2D eigenvalue weighted by Gasteiger charge is 2.13. The summed E-state index contributed by atoms with van der Waals surface area (Å²) < 4.78 is 1.42. The van der Waals surface area contributed by atoms with Gasteiger partial charge in [-0.2, -0.15) is 0 Å². The Labute approximate surface area is 127 Å². The van der Waals surface area contributed by atoms with Gasteiger partial charge in [-0.25, -0.2) is 4.98 Å². The summed E-state index contributed by atoms with van der Waals surface area (Å²) in [4.78, 5) is 16.2. The van der Waals surface area contributed by atoms with Crippen molar-refractivity contribution in [1.82, 2.24) is 4.98 Å². The second-order valence-electron chi connectivity index (χ2n) is 3.98. The van der Waals surface area contributed by atoms with E-state index in [0.29, 0.717) is 21.5 Å². The van der Waals surface area contributed by atoms with E-state index in [1.54, 1.807) is 24.4 Å². The van der Waals surface area contributed by atoms with Crippen molar-refractivity contribution in [1.29, 1.82) is 0 Å². The van der Waals surface area contributed by atoms with Crippen LogP contribution in [0.25, 0.3) is 0 Å². The third kappa shape index (κ3) is 3.13. The predicted molar refractivity (Wildman–Crippen MR) is 83.2 cm³/mol. The van der Waals surface area contributed by atoms with E-state index in [4.69, 9.17) is 5.73 Å². The van der Waals surface area contributed by atoms with E-state index in [2.05, 4.69) is 42.2 Å². The summed E-state index contributed by atoms with van der Waals surface area (Å²) in [5.41, 5.74) is 8.35. The van der Waals surface area contributed by atoms with Gasteiger partial charge in [0.1, 0.15) is 5.69 Å². The molecule has 0 aliphatic carbocycles. The topological polar surface area (TPSA) is 68.0 Å². The van der Waals surface area contributed by atoms with Crippen LogP contribution in [0.1, 0.15) is 16.1 Å². The molecule has 0 fully saturated rings. The van der Waals surface area contributed by atoms with Crippen molar-refractivity contribution in [3.05, 3.63) is 50.7 Å². The molecule has 4 nitrogen and oxygen atoms in total. The van der Waals surface area contributed by atoms with E-state index in [9.17, 15) is 4.79 Å². The average molecular weight is 385 g/mol. The molecule has 98 valence electrons. The van der Waals surface area contributed by atoms with Crippen LogP contribution in [0.15, 0.2) is 39.4 Å². The molecule has 0 aliphatic rings. The Hall–Kier alpha value is -1.40. The monoisotopic (exact) mass is 383 g/mol. The van der Waals surface area contributed by atoms with Gasteiger partial charge in [0, 0.05) is 20.8 Å². The molecule has 1 heterocycles. The fourth-order valence-electron chi connectivity index (χ4n) is 1.52. The van der Waals surface area contributed by atoms with Crippen LogP contribution >= 0.6 is 31.9 Å². The van der Waals surface area contributed by atoms with Crippen molar-refractivity contribution in [2.45, 2.75) is 6.92 Å². The molecule has 6 heteroatoms. The van der Waals surface area contributed by atoms with Crippen molar-refractivity contribution in [3.63, 3.8) is 0 Å². The summed E-state index contributed by atoms with van der Waals surface area (Å²) in [7, 11) is 0. The van der Waals surface area contributed by atoms with Crippen LogP contribution in [0, 0.1) is 6.92 Å². The van der Waals surface area contributed by atoms with E-state index in [1.165, 1.54) is 0 Å². The molecule has 0 spiro atoms. The van der Waals surface area contributed by atoms with Crippen molar-refractivity contribution >= 4 is 49.1 Å². The van der Waals surface area contributed by atoms with Gasteiger partial charge >= 0.3 is 0 Å². The molecule has 0 unspecified atom stereocenters. The highest BCUT2D eigenvalue weighted by atomic mass is 79.9. The van der Waals surface area contributed by atoms with Gasteiger partial charge in [-0.05, 0) is 68.6 Å². The first-order valence-electron chi connectivity index (χ1n) is 5.46. The standard InChI is InChI=1S/C13H11Br2N3O/c1-7-5-9(15)11(6-10(7)16)18-13(19)12-8(14)3-2-4-17-12/h2-6H,16H2,1H3,(H,18,19). The Bertz CT molecular complexity index is 644. The number of aryl methyl sites for hydroxylation is 1. The molecule has 1 aromatic heterocycles. The normalized spacial score (nSPS) is 10.3. The van der Waals surface area contributed by atoms with Crippen molar-refractivity contribution in [2.24, 2.45) is 0 Å². The summed E-state index contributed by atoms with van der Waals surface area (Å²) in [6.07, 6.45) is 1.57. The van der Waals surface area contributed by atoms with E-state index in [1.807, 2.05) is 13.0 Å². The van der Waals surface area contributed by atoms with Gasteiger partial charge < -0.3 is 11.1 Å². The zero-order valence-electron chi connectivity index (χ0n) is 10.1. The number of halogens is 2. The maximum atomic E-state index is 12.1. The molecular weight excluding hydrogens is 374 g/mol. The third-order valence-electron chi connectivity index (χ3n) is 2.58. The smallest absolute Gasteiger partial charge is 0.275 e. The number of nitrogens with zero attached hydrogens (tertiary/aromatic N) is 1. The summed E-state index contributed by atoms with van der Waals surface area (Å²) in [5, 5.41) is 2.78. The van der Waals surface area contributed by atoms with Crippen LogP contribution in [0.3, 0.4) is 0 Å². The number of carbonyl (C=O) groups excluding carboxylic acids is 1. The molecular formula is C13H11Br2N3O. The summed E-state index contributed by atoms with van der Waals surface area (Å²) in [6.45, 7) is 1.90. The molecule has 0 saturated carbocycles. The van der Waals surface area contributed by atoms with E-state index >= 15 is 0 Å². The van der Waals surface area contributed by atoms with Gasteiger partial charge in [0.2, 0.25) is 0 Å². The maximum absolute atomic E-state index is 12.1. The van der Waals surface area contributed by atoms with Crippen molar-refractivity contribution < 1.29 is 4.79 Å². The summed E-state index contributed by atoms with van der Waals surface area (Å²) in [6, 6.07) is 7.09. The molecule has 2 aromatic rings. The van der Waals surface area contributed by atoms with Crippen LogP contribution < -0.4 is 11.1 Å². The first-order chi connectivity index (χ1) is 8.99. The summed E-state index contributed by atoms with van der Waals surface area (Å²) in [5.74, 6) is -0.295. The number of hydrogen-bond donors (Lipinski definition) is 2. The summed E-state index contributed by atoms with van der Waals surface area (Å²) >= 11 is 6.69. The molecule has 0 aliphatic heterocycles. The Kier molecular flexibility index (Phi) is 4.21. The third-order valence-corrected chi connectivity index (χ3v) is 3.87. The lowest BCUT2D eigenvalue weighted by molar-refractivity contribution is 0.102. The number of aromatic nitrogens is 1. The number of anilines is 2. The molecule has 1 amide bonds. The Morgan fingerprint density at radius 3 is 2.74 bits per heavy atom. The average Bonchev–Trinajstić information content (AvgIpc) is 2.36. The van der Waals surface area contributed by atoms with Gasteiger partial charge in [0.15, 0.2) is 0 Å². The first-order valence-corrected chi connectivity index (χ1v) is 7.05. The number of nitrogen functional groups attached to an aromatic ring is 1. The van der Waals surface area contributed by atoms with Gasteiger partial charge in [-0.3, -0.25) is 4.79 Å². The zero-order chi connectivity index (χ0) is 14.0. The second kappa shape index (κ2) is 5.71. The SMILES string of the molecule is Cc1cc(Br)c(NC(=O)c2ncccc2Br)cc1N. The largest absolute Gasteiger partial charge is 0.398 e. The zero-order valence-corrected chi connectivity index (χ0v) is 13.2. The lowest BCUT2D eigenvalue weighted by atomic mass is 10.2. The number of nitrogens with two attached hydrogens (primary N) is 1. The van der Waals surface area contributed by atoms with Crippen molar-refractivity contribution in [2.75, 3.05) is 11.1 Å². The number of carbonyl (C=O) groups is 1. The number of rotatable bonds is 2. The number of pyridine rings is 1. The Morgan fingerprint density at radius 2 is 2.05 bits per heavy atom. The number of benzene rings is 1. The predicted octanol–water partition coefficient (Wildman–Crippen LogP) is 3.75. The Morgan fingerprint density at radius 1 is 1.32 bits per heavy atom. The second-order valence-corrected chi connectivity index (χ2v) is 5.69. The number of hydrogen-bond acceptors (Lipinski definition) is 3. The molecule has 0 bridgehead atoms. The van der Waals surface area contributed by atoms with E-state index in [0.717, 1.165) is 10.0 Å². The molecule has 19 heavy (non-hydrogen) atoms. The number of nitrogens with one attached hydrogen (secondary N) is 1. The van der Waals surface area contributed by atoms with Gasteiger partial charge in [-0.15, -0.1) is 0 Å². The van der Waals surface area contributed by atoms with Gasteiger partial charge in [-0.1, -0.05) is 0 Å². The minimum atomic E-state index is -0.295. The fraction of sp³-hybridized carbons (Fsp3) is 0.0769. The van der Waals surface area contributed by atoms with Gasteiger partial charge in [0.05, 0.1) is 5.69 Å². The van der Waals surface area contributed by atoms with Crippen molar-refractivity contribution in [3.8, 4) is 0 Å². The van der Waals surface area contributed by atoms with Crippen LogP contribution in [0.5, 0.6) is 0 Å². The fourth-order valence-corrected chi connectivity index (χ4v) is 2.51. The molecule has 0 radical (unpaired) electrons. The molecule has 0 atom stereocenters. The highest BCUT2D eigenvalue weighted by molar-refractivity contribution is 9.11. The maximum Gasteiger partial charge on any atom is 0.275 e. The van der Waals surface area contributed by atoms with Gasteiger partial charge in [0.25, 0.3) is 5.91 Å². The van der Waals surface area contributed by atoms with Crippen LogP contribution in [0.2, 0.25) is 0 Å². The minimum absolute atomic E-state index is 0.295. The first kappa shape index (κ1) is 14.0. The van der Waals surface area contributed by atoms with Crippen LogP contribution in [-0.2, 0) is 0 Å². The molecule has 2 rings (SSSR count). The lowest BCUT2D eigenvalue weighted by Gasteiger charge is -2.10. The molecule has 3 N–H and O–H groups in total. The number of amides is 1. The van der Waals surface area contributed by atoms with Crippen LogP contribution in [0.4, 0.5) is 11.4 Å². The molecule has 0 saturated heterocycles. The highest BCUT2D eigenvalue weighted by Crippen LogP contribution is 2.28.